The Labute approximate surface area is 148 Å². The monoisotopic (exact) mass is 348 g/mol. The lowest BCUT2D eigenvalue weighted by atomic mass is 9.91. The van der Waals surface area contributed by atoms with Crippen LogP contribution in [0.4, 0.5) is 0 Å². The Morgan fingerprint density at radius 3 is 2.40 bits per heavy atom. The Hall–Kier alpha value is -1.92. The van der Waals surface area contributed by atoms with Crippen LogP contribution in [-0.4, -0.2) is 52.7 Å². The topological polar surface area (TPSA) is 89.9 Å². The van der Waals surface area contributed by atoms with Gasteiger partial charge < -0.3 is 20.4 Å². The van der Waals surface area contributed by atoms with Crippen LogP contribution in [0.3, 0.4) is 0 Å². The zero-order valence-electron chi connectivity index (χ0n) is 14.9. The average Bonchev–Trinajstić information content (AvgIpc) is 2.96. The quantitative estimate of drug-likeness (QED) is 0.658. The molecule has 1 amide bonds. The van der Waals surface area contributed by atoms with E-state index in [0.717, 1.165) is 17.7 Å². The van der Waals surface area contributed by atoms with Crippen LogP contribution in [0.25, 0.3) is 0 Å². The lowest BCUT2D eigenvalue weighted by Gasteiger charge is -2.23. The molecule has 6 nitrogen and oxygen atoms in total. The van der Waals surface area contributed by atoms with E-state index < -0.39 is 5.97 Å². The Morgan fingerprint density at radius 2 is 1.84 bits per heavy atom. The van der Waals surface area contributed by atoms with Gasteiger partial charge in [-0.1, -0.05) is 38.1 Å². The number of carbonyl (C=O) groups is 2. The predicted octanol–water partition coefficient (Wildman–Crippen LogP) is 1.27. The number of carboxylic acids is 1. The summed E-state index contributed by atoms with van der Waals surface area (Å²) in [6.45, 7) is 6.31. The summed E-state index contributed by atoms with van der Waals surface area (Å²) in [6.07, 6.45) is 0.435. The maximum absolute atomic E-state index is 12.4. The number of aliphatic hydroxyl groups excluding tert-OH is 1. The van der Waals surface area contributed by atoms with Crippen LogP contribution in [0.1, 0.15) is 31.4 Å². The molecule has 0 saturated carbocycles. The first-order valence-electron chi connectivity index (χ1n) is 8.81. The van der Waals surface area contributed by atoms with E-state index in [0.29, 0.717) is 31.3 Å². The highest BCUT2D eigenvalue weighted by Crippen LogP contribution is 2.24. The fourth-order valence-corrected chi connectivity index (χ4v) is 3.38. The van der Waals surface area contributed by atoms with Crippen LogP contribution in [0.5, 0.6) is 0 Å². The molecule has 2 rings (SSSR count). The first-order valence-corrected chi connectivity index (χ1v) is 8.81. The summed E-state index contributed by atoms with van der Waals surface area (Å²) in [6, 6.07) is 7.42. The zero-order valence-corrected chi connectivity index (χ0v) is 14.9. The molecule has 0 bridgehead atoms. The fraction of sp³-hybridized carbons (Fsp3) is 0.579. The summed E-state index contributed by atoms with van der Waals surface area (Å²) in [7, 11) is 0. The second-order valence-electron chi connectivity index (χ2n) is 7.14. The molecule has 2 atom stereocenters. The molecule has 25 heavy (non-hydrogen) atoms. The third kappa shape index (κ3) is 5.83. The van der Waals surface area contributed by atoms with Crippen molar-refractivity contribution < 1.29 is 19.8 Å². The molecule has 1 saturated heterocycles. The van der Waals surface area contributed by atoms with Gasteiger partial charge in [-0.05, 0) is 23.0 Å². The molecule has 1 fully saturated rings. The molecule has 1 aromatic carbocycles. The van der Waals surface area contributed by atoms with Gasteiger partial charge in [0.25, 0.3) is 0 Å². The van der Waals surface area contributed by atoms with Crippen molar-refractivity contribution in [2.75, 3.05) is 19.6 Å². The molecule has 138 valence electrons. The summed E-state index contributed by atoms with van der Waals surface area (Å²) in [5.74, 6) is -0.0640. The third-order valence-corrected chi connectivity index (χ3v) is 4.86. The number of amides is 1. The molecule has 1 heterocycles. The van der Waals surface area contributed by atoms with Gasteiger partial charge in [0.2, 0.25) is 5.91 Å². The SMILES string of the molecule is CC(C)[C@H]1CN(CCC(=O)O)C[C@@H]1NC(=O)Cc1ccc(CO)cc1. The molecule has 1 aromatic rings. The number of aliphatic carboxylic acids is 1. The highest BCUT2D eigenvalue weighted by atomic mass is 16.4. The summed E-state index contributed by atoms with van der Waals surface area (Å²) in [5.41, 5.74) is 1.74. The summed E-state index contributed by atoms with van der Waals surface area (Å²) in [5, 5.41) is 21.0. The second kappa shape index (κ2) is 8.97. The molecular weight excluding hydrogens is 320 g/mol. The number of rotatable bonds is 8. The van der Waals surface area contributed by atoms with E-state index in [9.17, 15) is 9.59 Å². The first-order chi connectivity index (χ1) is 11.9. The van der Waals surface area contributed by atoms with Crippen molar-refractivity contribution in [2.45, 2.75) is 39.3 Å². The van der Waals surface area contributed by atoms with E-state index >= 15 is 0 Å². The zero-order chi connectivity index (χ0) is 18.4. The first kappa shape index (κ1) is 19.4. The van der Waals surface area contributed by atoms with Gasteiger partial charge in [-0.25, -0.2) is 0 Å². The van der Waals surface area contributed by atoms with Crippen molar-refractivity contribution in [3.05, 3.63) is 35.4 Å². The Kier molecular flexibility index (Phi) is 6.96. The molecule has 0 unspecified atom stereocenters. The molecule has 6 heteroatoms. The lowest BCUT2D eigenvalue weighted by molar-refractivity contribution is -0.137. The molecular formula is C19H28N2O4. The van der Waals surface area contributed by atoms with Gasteiger partial charge in [0.05, 0.1) is 19.4 Å². The average molecular weight is 348 g/mol. The van der Waals surface area contributed by atoms with Gasteiger partial charge in [-0.15, -0.1) is 0 Å². The predicted molar refractivity (Wildman–Crippen MR) is 95.0 cm³/mol. The number of hydrogen-bond acceptors (Lipinski definition) is 4. The maximum atomic E-state index is 12.4. The van der Waals surface area contributed by atoms with Crippen LogP contribution >= 0.6 is 0 Å². The maximum Gasteiger partial charge on any atom is 0.304 e. The molecule has 1 aliphatic rings. The molecule has 0 radical (unpaired) electrons. The molecule has 1 aliphatic heterocycles. The van der Waals surface area contributed by atoms with E-state index in [1.165, 1.54) is 0 Å². The molecule has 3 N–H and O–H groups in total. The van der Waals surface area contributed by atoms with E-state index in [-0.39, 0.29) is 25.0 Å². The Balaban J connectivity index is 1.91. The standard InChI is InChI=1S/C19H28N2O4/c1-13(2)16-10-21(8-7-19(24)25)11-17(16)20-18(23)9-14-3-5-15(12-22)6-4-14/h3-6,13,16-17,22H,7-12H2,1-2H3,(H,20,23)(H,24,25)/t16-,17+/m1/s1. The van der Waals surface area contributed by atoms with Gasteiger partial charge in [0, 0.05) is 25.7 Å². The number of likely N-dealkylation sites (tertiary alicyclic amines) is 1. The minimum absolute atomic E-state index is 0.00318. The van der Waals surface area contributed by atoms with Crippen molar-refractivity contribution in [1.82, 2.24) is 10.2 Å². The minimum Gasteiger partial charge on any atom is -0.481 e. The molecule has 0 aromatic heterocycles. The van der Waals surface area contributed by atoms with Crippen LogP contribution in [0, 0.1) is 11.8 Å². The van der Waals surface area contributed by atoms with E-state index in [2.05, 4.69) is 24.1 Å². The lowest BCUT2D eigenvalue weighted by Crippen LogP contribution is -2.42. The van der Waals surface area contributed by atoms with Crippen LogP contribution in [-0.2, 0) is 22.6 Å². The van der Waals surface area contributed by atoms with Crippen molar-refractivity contribution in [3.63, 3.8) is 0 Å². The van der Waals surface area contributed by atoms with Crippen LogP contribution < -0.4 is 5.32 Å². The summed E-state index contributed by atoms with van der Waals surface area (Å²) in [4.78, 5) is 25.3. The van der Waals surface area contributed by atoms with E-state index in [1.807, 2.05) is 24.3 Å². The molecule has 0 aliphatic carbocycles. The summed E-state index contributed by atoms with van der Waals surface area (Å²) >= 11 is 0. The van der Waals surface area contributed by atoms with E-state index in [4.69, 9.17) is 10.2 Å². The van der Waals surface area contributed by atoms with Gasteiger partial charge in [-0.2, -0.15) is 0 Å². The number of nitrogens with one attached hydrogen (secondary N) is 1. The minimum atomic E-state index is -0.792. The Morgan fingerprint density at radius 1 is 1.20 bits per heavy atom. The van der Waals surface area contributed by atoms with Crippen LogP contribution in [0.15, 0.2) is 24.3 Å². The highest BCUT2D eigenvalue weighted by molar-refractivity contribution is 5.79. The molecule has 0 spiro atoms. The number of carboxylic acid groups (broad SMARTS) is 1. The van der Waals surface area contributed by atoms with Crippen molar-refractivity contribution in [1.29, 1.82) is 0 Å². The number of benzene rings is 1. The number of hydrogen-bond donors (Lipinski definition) is 3. The van der Waals surface area contributed by atoms with Gasteiger partial charge >= 0.3 is 5.97 Å². The van der Waals surface area contributed by atoms with Crippen molar-refractivity contribution >= 4 is 11.9 Å². The Bertz CT molecular complexity index is 586. The highest BCUT2D eigenvalue weighted by Gasteiger charge is 2.35. The second-order valence-corrected chi connectivity index (χ2v) is 7.14. The van der Waals surface area contributed by atoms with Gasteiger partial charge in [0.1, 0.15) is 0 Å². The van der Waals surface area contributed by atoms with Crippen LogP contribution in [0.2, 0.25) is 0 Å². The van der Waals surface area contributed by atoms with E-state index in [1.54, 1.807) is 0 Å². The normalized spacial score (nSPS) is 20.8. The smallest absolute Gasteiger partial charge is 0.304 e. The number of nitrogens with zero attached hydrogens (tertiary/aromatic N) is 1. The number of aliphatic hydroxyl groups is 1. The largest absolute Gasteiger partial charge is 0.481 e. The number of carbonyl (C=O) groups excluding carboxylic acids is 1. The third-order valence-electron chi connectivity index (χ3n) is 4.86. The van der Waals surface area contributed by atoms with Crippen molar-refractivity contribution in [2.24, 2.45) is 11.8 Å². The fourth-order valence-electron chi connectivity index (χ4n) is 3.38. The van der Waals surface area contributed by atoms with Gasteiger partial charge in [-0.3, -0.25) is 9.59 Å². The summed E-state index contributed by atoms with van der Waals surface area (Å²) < 4.78 is 0. The van der Waals surface area contributed by atoms with Gasteiger partial charge in [0.15, 0.2) is 0 Å². The van der Waals surface area contributed by atoms with Crippen molar-refractivity contribution in [3.8, 4) is 0 Å².